The summed E-state index contributed by atoms with van der Waals surface area (Å²) < 4.78 is 32.9. The van der Waals surface area contributed by atoms with Crippen LogP contribution >= 0.6 is 0 Å². The smallest absolute Gasteiger partial charge is 0.246 e. The summed E-state index contributed by atoms with van der Waals surface area (Å²) in [5.41, 5.74) is 1.03. The van der Waals surface area contributed by atoms with Crippen molar-refractivity contribution >= 4 is 15.8 Å². The van der Waals surface area contributed by atoms with E-state index in [1.165, 1.54) is 4.31 Å². The Labute approximate surface area is 147 Å². The zero-order valence-electron chi connectivity index (χ0n) is 14.7. The maximum absolute atomic E-state index is 12.8. The van der Waals surface area contributed by atoms with E-state index < -0.39 is 10.0 Å². The summed E-state index contributed by atoms with van der Waals surface area (Å²) in [7, 11) is 0.175. The lowest BCUT2D eigenvalue weighted by Gasteiger charge is -2.17. The zero-order chi connectivity index (χ0) is 18.2. The van der Waals surface area contributed by atoms with E-state index in [0.717, 1.165) is 5.82 Å². The number of rotatable bonds is 5. The molecule has 136 valence electrons. The van der Waals surface area contributed by atoms with Gasteiger partial charge in [-0.2, -0.15) is 9.40 Å². The van der Waals surface area contributed by atoms with Crippen molar-refractivity contribution in [2.75, 3.05) is 32.1 Å². The standard InChI is InChI=1S/C15H22N6O3S/c1-10-15(11(2)17-16-10)25(22,23)21-8-7-12(9-21)24-14-6-5-13(18-19-14)20(3)4/h5-6,12H,7-9H2,1-4H3,(H,16,17). The van der Waals surface area contributed by atoms with Crippen LogP contribution in [0.3, 0.4) is 0 Å². The second kappa shape index (κ2) is 6.60. The highest BCUT2D eigenvalue weighted by Gasteiger charge is 2.36. The molecule has 10 heteroatoms. The number of anilines is 1. The van der Waals surface area contributed by atoms with Crippen molar-refractivity contribution < 1.29 is 13.2 Å². The lowest BCUT2D eigenvalue weighted by molar-refractivity contribution is 0.204. The molecule has 0 aliphatic carbocycles. The Kier molecular flexibility index (Phi) is 4.65. The van der Waals surface area contributed by atoms with Gasteiger partial charge in [0.1, 0.15) is 11.0 Å². The molecule has 1 aliphatic rings. The van der Waals surface area contributed by atoms with Gasteiger partial charge in [0.25, 0.3) is 0 Å². The highest BCUT2D eigenvalue weighted by Crippen LogP contribution is 2.26. The van der Waals surface area contributed by atoms with E-state index in [9.17, 15) is 8.42 Å². The van der Waals surface area contributed by atoms with E-state index in [0.29, 0.717) is 30.2 Å². The van der Waals surface area contributed by atoms with Gasteiger partial charge in [-0.1, -0.05) is 0 Å². The van der Waals surface area contributed by atoms with E-state index in [4.69, 9.17) is 4.74 Å². The molecular formula is C15H22N6O3S. The van der Waals surface area contributed by atoms with Gasteiger partial charge < -0.3 is 9.64 Å². The van der Waals surface area contributed by atoms with Gasteiger partial charge in [0.15, 0.2) is 5.82 Å². The van der Waals surface area contributed by atoms with Gasteiger partial charge in [-0.25, -0.2) is 8.42 Å². The maximum Gasteiger partial charge on any atom is 0.246 e. The van der Waals surface area contributed by atoms with Crippen LogP contribution in [0, 0.1) is 13.8 Å². The molecule has 25 heavy (non-hydrogen) atoms. The first-order valence-corrected chi connectivity index (χ1v) is 9.42. The first-order chi connectivity index (χ1) is 11.8. The molecular weight excluding hydrogens is 344 g/mol. The number of aromatic amines is 1. The first kappa shape index (κ1) is 17.6. The van der Waals surface area contributed by atoms with E-state index in [2.05, 4.69) is 20.4 Å². The van der Waals surface area contributed by atoms with Crippen LogP contribution in [0.5, 0.6) is 5.88 Å². The fourth-order valence-electron chi connectivity index (χ4n) is 2.85. The van der Waals surface area contributed by atoms with Crippen LogP contribution in [0.2, 0.25) is 0 Å². The Bertz CT molecular complexity index is 827. The second-order valence-electron chi connectivity index (χ2n) is 6.28. The van der Waals surface area contributed by atoms with Gasteiger partial charge in [0.2, 0.25) is 15.9 Å². The third-order valence-electron chi connectivity index (χ3n) is 4.14. The maximum atomic E-state index is 12.8. The fraction of sp³-hybridized carbons (Fsp3) is 0.533. The Morgan fingerprint density at radius 3 is 2.60 bits per heavy atom. The predicted octanol–water partition coefficient (Wildman–Crippen LogP) is 0.725. The van der Waals surface area contributed by atoms with Gasteiger partial charge in [-0.05, 0) is 26.3 Å². The number of hydrogen-bond acceptors (Lipinski definition) is 7. The van der Waals surface area contributed by atoms with Crippen LogP contribution in [0.15, 0.2) is 17.0 Å². The molecule has 1 saturated heterocycles. The van der Waals surface area contributed by atoms with Crippen LogP contribution in [-0.4, -0.2) is 66.4 Å². The largest absolute Gasteiger partial charge is 0.472 e. The normalized spacial score (nSPS) is 18.5. The molecule has 0 radical (unpaired) electrons. The number of nitrogens with one attached hydrogen (secondary N) is 1. The summed E-state index contributed by atoms with van der Waals surface area (Å²) in [5.74, 6) is 1.12. The van der Waals surface area contributed by atoms with Gasteiger partial charge in [0, 0.05) is 26.7 Å². The zero-order valence-corrected chi connectivity index (χ0v) is 15.5. The lowest BCUT2D eigenvalue weighted by Crippen LogP contribution is -2.31. The molecule has 0 aromatic carbocycles. The Balaban J connectivity index is 1.69. The van der Waals surface area contributed by atoms with Crippen molar-refractivity contribution in [3.05, 3.63) is 23.5 Å². The van der Waals surface area contributed by atoms with Crippen molar-refractivity contribution in [3.63, 3.8) is 0 Å². The number of H-pyrrole nitrogens is 1. The topological polar surface area (TPSA) is 104 Å². The molecule has 1 atom stereocenters. The second-order valence-corrected chi connectivity index (χ2v) is 8.15. The molecule has 2 aromatic rings. The van der Waals surface area contributed by atoms with E-state index >= 15 is 0 Å². The van der Waals surface area contributed by atoms with Gasteiger partial charge in [0.05, 0.1) is 17.9 Å². The summed E-state index contributed by atoms with van der Waals surface area (Å²) in [5, 5.41) is 14.8. The SMILES string of the molecule is Cc1n[nH]c(C)c1S(=O)(=O)N1CCC(Oc2ccc(N(C)C)nn2)C1. The number of ether oxygens (including phenoxy) is 1. The molecule has 1 aliphatic heterocycles. The third kappa shape index (κ3) is 3.45. The Hall–Kier alpha value is -2.20. The molecule has 1 fully saturated rings. The van der Waals surface area contributed by atoms with Crippen LogP contribution < -0.4 is 9.64 Å². The molecule has 9 nitrogen and oxygen atoms in total. The molecule has 0 saturated carbocycles. The van der Waals surface area contributed by atoms with Crippen molar-refractivity contribution in [3.8, 4) is 5.88 Å². The van der Waals surface area contributed by atoms with Crippen molar-refractivity contribution in [2.24, 2.45) is 0 Å². The lowest BCUT2D eigenvalue weighted by atomic mass is 10.3. The number of nitrogens with zero attached hydrogens (tertiary/aromatic N) is 5. The summed E-state index contributed by atoms with van der Waals surface area (Å²) in [6, 6.07) is 3.55. The molecule has 0 bridgehead atoms. The average Bonchev–Trinajstić information content (AvgIpc) is 3.15. The third-order valence-corrected chi connectivity index (χ3v) is 6.27. The van der Waals surface area contributed by atoms with Gasteiger partial charge >= 0.3 is 0 Å². The highest BCUT2D eigenvalue weighted by atomic mass is 32.2. The average molecular weight is 366 g/mol. The Morgan fingerprint density at radius 1 is 1.28 bits per heavy atom. The number of hydrogen-bond donors (Lipinski definition) is 1. The minimum absolute atomic E-state index is 0.248. The molecule has 0 amide bonds. The predicted molar refractivity (Wildman–Crippen MR) is 92.2 cm³/mol. The number of aromatic nitrogens is 4. The minimum Gasteiger partial charge on any atom is -0.472 e. The number of aryl methyl sites for hydroxylation is 2. The van der Waals surface area contributed by atoms with Crippen molar-refractivity contribution in [1.82, 2.24) is 24.7 Å². The first-order valence-electron chi connectivity index (χ1n) is 7.98. The van der Waals surface area contributed by atoms with Crippen LogP contribution in [0.4, 0.5) is 5.82 Å². The van der Waals surface area contributed by atoms with E-state index in [-0.39, 0.29) is 17.5 Å². The van der Waals surface area contributed by atoms with E-state index in [1.54, 1.807) is 19.9 Å². The fourth-order valence-corrected chi connectivity index (χ4v) is 4.67. The summed E-state index contributed by atoms with van der Waals surface area (Å²) in [6.07, 6.45) is 0.355. The van der Waals surface area contributed by atoms with E-state index in [1.807, 2.05) is 25.1 Å². The minimum atomic E-state index is -3.58. The van der Waals surface area contributed by atoms with Gasteiger partial charge in [-0.15, -0.1) is 10.2 Å². The van der Waals surface area contributed by atoms with Gasteiger partial charge in [-0.3, -0.25) is 5.10 Å². The molecule has 0 spiro atoms. The van der Waals surface area contributed by atoms with Crippen molar-refractivity contribution in [2.45, 2.75) is 31.3 Å². The quantitative estimate of drug-likeness (QED) is 0.831. The number of sulfonamides is 1. The van der Waals surface area contributed by atoms with Crippen LogP contribution in [0.1, 0.15) is 17.8 Å². The van der Waals surface area contributed by atoms with Crippen LogP contribution in [0.25, 0.3) is 0 Å². The molecule has 3 heterocycles. The Morgan fingerprint density at radius 2 is 2.04 bits per heavy atom. The van der Waals surface area contributed by atoms with Crippen molar-refractivity contribution in [1.29, 1.82) is 0 Å². The molecule has 1 N–H and O–H groups in total. The summed E-state index contributed by atoms with van der Waals surface area (Å²) in [6.45, 7) is 4.07. The monoisotopic (exact) mass is 366 g/mol. The molecule has 3 rings (SSSR count). The summed E-state index contributed by atoms with van der Waals surface area (Å²) >= 11 is 0. The molecule has 1 unspecified atom stereocenters. The van der Waals surface area contributed by atoms with Crippen LogP contribution in [-0.2, 0) is 10.0 Å². The molecule has 2 aromatic heterocycles. The summed E-state index contributed by atoms with van der Waals surface area (Å²) in [4.78, 5) is 2.10. The highest BCUT2D eigenvalue weighted by molar-refractivity contribution is 7.89.